The number of likely N-dealkylation sites (tertiary alicyclic amines) is 1. The number of halogens is 1. The smallest absolute Gasteiger partial charge is 0.410 e. The van der Waals surface area contributed by atoms with E-state index in [2.05, 4.69) is 68.4 Å². The molecule has 1 saturated heterocycles. The van der Waals surface area contributed by atoms with E-state index >= 15 is 0 Å². The molecule has 3 aromatic carbocycles. The van der Waals surface area contributed by atoms with Gasteiger partial charge in [0.2, 0.25) is 0 Å². The van der Waals surface area contributed by atoms with E-state index < -0.39 is 5.60 Å². The van der Waals surface area contributed by atoms with E-state index in [1.807, 2.05) is 37.8 Å². The number of carbonyl (C=O) groups is 1. The molecule has 198 valence electrons. The number of piperidine rings is 1. The summed E-state index contributed by atoms with van der Waals surface area (Å²) in [6.45, 7) is 11.9. The van der Waals surface area contributed by atoms with Gasteiger partial charge in [0.25, 0.3) is 0 Å². The summed E-state index contributed by atoms with van der Waals surface area (Å²) in [6.07, 6.45) is 1.66. The highest BCUT2D eigenvalue weighted by Crippen LogP contribution is 2.42. The number of benzene rings is 3. The zero-order chi connectivity index (χ0) is 26.6. The Kier molecular flexibility index (Phi) is 8.82. The highest BCUT2D eigenvalue weighted by Gasteiger charge is 2.43. The van der Waals surface area contributed by atoms with Crippen molar-refractivity contribution in [1.29, 1.82) is 0 Å². The minimum Gasteiger partial charge on any atom is -0.444 e. The van der Waals surface area contributed by atoms with Crippen LogP contribution in [0.1, 0.15) is 64.5 Å². The normalized spacial score (nSPS) is 20.4. The van der Waals surface area contributed by atoms with E-state index in [1.165, 1.54) is 16.3 Å². The Morgan fingerprint density at radius 2 is 1.65 bits per heavy atom. The molecule has 0 radical (unpaired) electrons. The number of ether oxygens (including phenoxy) is 2. The first-order valence-electron chi connectivity index (χ1n) is 13.5. The molecule has 3 unspecified atom stereocenters. The second-order valence-electron chi connectivity index (χ2n) is 11.2. The second kappa shape index (κ2) is 11.9. The summed E-state index contributed by atoms with van der Waals surface area (Å²) in [7, 11) is 0. The predicted molar refractivity (Wildman–Crippen MR) is 152 cm³/mol. The van der Waals surface area contributed by atoms with Gasteiger partial charge in [-0.05, 0) is 72.7 Å². The summed E-state index contributed by atoms with van der Waals surface area (Å²) in [5.74, 6) is 0.859. The first-order valence-corrected chi connectivity index (χ1v) is 13.9. The third-order valence-corrected chi connectivity index (χ3v) is 7.78. The van der Waals surface area contributed by atoms with Gasteiger partial charge in [0.05, 0.1) is 19.3 Å². The molecule has 0 N–H and O–H groups in total. The van der Waals surface area contributed by atoms with Crippen LogP contribution in [-0.2, 0) is 16.1 Å². The summed E-state index contributed by atoms with van der Waals surface area (Å²) < 4.78 is 12.5. The van der Waals surface area contributed by atoms with E-state index in [4.69, 9.17) is 21.1 Å². The number of nitrogens with zero attached hydrogens (tertiary/aromatic N) is 1. The van der Waals surface area contributed by atoms with Crippen molar-refractivity contribution in [3.05, 3.63) is 82.9 Å². The van der Waals surface area contributed by atoms with E-state index in [1.54, 1.807) is 0 Å². The van der Waals surface area contributed by atoms with Crippen LogP contribution < -0.4 is 0 Å². The fourth-order valence-electron chi connectivity index (χ4n) is 5.70. The lowest BCUT2D eigenvalue weighted by Crippen LogP contribution is -2.54. The summed E-state index contributed by atoms with van der Waals surface area (Å²) >= 11 is 6.25. The lowest BCUT2D eigenvalue weighted by atomic mass is 9.70. The van der Waals surface area contributed by atoms with Crippen molar-refractivity contribution >= 4 is 28.5 Å². The van der Waals surface area contributed by atoms with Crippen LogP contribution in [0.4, 0.5) is 4.79 Å². The number of rotatable bonds is 7. The fraction of sp³-hybridized carbons (Fsp3) is 0.469. The number of fused-ring (bicyclic) bond motifs is 1. The molecule has 0 aliphatic carbocycles. The number of hydrogen-bond donors (Lipinski definition) is 0. The summed E-state index contributed by atoms with van der Waals surface area (Å²) in [6, 6.07) is 23.0. The Morgan fingerprint density at radius 3 is 2.30 bits per heavy atom. The van der Waals surface area contributed by atoms with Crippen molar-refractivity contribution in [2.75, 3.05) is 13.1 Å². The van der Waals surface area contributed by atoms with Gasteiger partial charge < -0.3 is 14.4 Å². The van der Waals surface area contributed by atoms with Crippen LogP contribution in [-0.4, -0.2) is 35.8 Å². The Bertz CT molecular complexity index is 1180. The maximum Gasteiger partial charge on any atom is 0.410 e. The van der Waals surface area contributed by atoms with Gasteiger partial charge in [-0.25, -0.2) is 4.79 Å². The predicted octanol–water partition coefficient (Wildman–Crippen LogP) is 8.47. The Morgan fingerprint density at radius 1 is 0.973 bits per heavy atom. The van der Waals surface area contributed by atoms with Crippen LogP contribution >= 0.6 is 11.6 Å². The largest absolute Gasteiger partial charge is 0.444 e. The topological polar surface area (TPSA) is 38.8 Å². The molecule has 4 nitrogen and oxygen atoms in total. The number of carbonyl (C=O) groups excluding carboxylic acids is 1. The molecule has 1 heterocycles. The van der Waals surface area contributed by atoms with E-state index in [0.29, 0.717) is 25.6 Å². The van der Waals surface area contributed by atoms with Crippen molar-refractivity contribution in [3.8, 4) is 0 Å². The van der Waals surface area contributed by atoms with Gasteiger partial charge in [-0.1, -0.05) is 86.8 Å². The van der Waals surface area contributed by atoms with E-state index in [0.717, 1.165) is 23.4 Å². The molecular weight excluding hydrogens is 482 g/mol. The molecule has 37 heavy (non-hydrogen) atoms. The molecule has 3 aromatic rings. The third kappa shape index (κ3) is 6.86. The highest BCUT2D eigenvalue weighted by atomic mass is 35.5. The van der Waals surface area contributed by atoms with E-state index in [9.17, 15) is 4.79 Å². The lowest BCUT2D eigenvalue weighted by Gasteiger charge is -2.46. The minimum atomic E-state index is -0.546. The molecule has 1 aliphatic heterocycles. The molecule has 0 saturated carbocycles. The van der Waals surface area contributed by atoms with Gasteiger partial charge in [-0.15, -0.1) is 0 Å². The monoisotopic (exact) mass is 521 g/mol. The van der Waals surface area contributed by atoms with Crippen molar-refractivity contribution in [3.63, 3.8) is 0 Å². The molecule has 0 bridgehead atoms. The molecular formula is C32H40ClNO3. The van der Waals surface area contributed by atoms with Gasteiger partial charge in [-0.3, -0.25) is 0 Å². The third-order valence-electron chi connectivity index (χ3n) is 7.53. The van der Waals surface area contributed by atoms with Crippen molar-refractivity contribution < 1.29 is 14.3 Å². The van der Waals surface area contributed by atoms with Crippen LogP contribution in [0, 0.1) is 11.8 Å². The molecule has 1 aliphatic rings. The Balaban J connectivity index is 1.66. The molecule has 5 heteroatoms. The quantitative estimate of drug-likeness (QED) is 0.313. The van der Waals surface area contributed by atoms with Gasteiger partial charge in [-0.2, -0.15) is 0 Å². The van der Waals surface area contributed by atoms with Crippen LogP contribution in [0.5, 0.6) is 0 Å². The standard InChI is InChI=1S/C32H40ClNO3/c1-6-23(7-2)28-19-34(31(35)37-32(3,4)5)20-29(30(28)25-14-16-27(33)17-15-25)36-21-22-12-13-24-10-8-9-11-26(24)18-22/h8-18,23,28-30H,6-7,19-21H2,1-5H3. The van der Waals surface area contributed by atoms with Crippen molar-refractivity contribution in [2.24, 2.45) is 11.8 Å². The average Bonchev–Trinajstić information content (AvgIpc) is 2.87. The van der Waals surface area contributed by atoms with Gasteiger partial charge >= 0.3 is 6.09 Å². The van der Waals surface area contributed by atoms with Crippen LogP contribution in [0.25, 0.3) is 10.8 Å². The molecule has 1 amide bonds. The molecule has 3 atom stereocenters. The first kappa shape index (κ1) is 27.5. The van der Waals surface area contributed by atoms with Crippen molar-refractivity contribution in [2.45, 2.75) is 71.7 Å². The summed E-state index contributed by atoms with van der Waals surface area (Å²) in [5, 5.41) is 3.14. The zero-order valence-corrected chi connectivity index (χ0v) is 23.5. The van der Waals surface area contributed by atoms with Crippen molar-refractivity contribution in [1.82, 2.24) is 4.90 Å². The second-order valence-corrected chi connectivity index (χ2v) is 11.7. The highest BCUT2D eigenvalue weighted by molar-refractivity contribution is 6.30. The molecule has 0 spiro atoms. The summed E-state index contributed by atoms with van der Waals surface area (Å²) in [4.78, 5) is 15.1. The van der Waals surface area contributed by atoms with Gasteiger partial charge in [0, 0.05) is 17.5 Å². The fourth-order valence-corrected chi connectivity index (χ4v) is 5.82. The first-order chi connectivity index (χ1) is 17.7. The lowest BCUT2D eigenvalue weighted by molar-refractivity contribution is -0.0624. The minimum absolute atomic E-state index is 0.154. The van der Waals surface area contributed by atoms with E-state index in [-0.39, 0.29) is 24.0 Å². The van der Waals surface area contributed by atoms with Crippen LogP contribution in [0.2, 0.25) is 5.02 Å². The Hall–Kier alpha value is -2.56. The molecule has 4 rings (SSSR count). The molecule has 0 aromatic heterocycles. The van der Waals surface area contributed by atoms with Crippen LogP contribution in [0.3, 0.4) is 0 Å². The Labute approximate surface area is 226 Å². The van der Waals surface area contributed by atoms with Crippen LogP contribution in [0.15, 0.2) is 66.7 Å². The maximum atomic E-state index is 13.2. The average molecular weight is 522 g/mol. The maximum absolute atomic E-state index is 13.2. The number of hydrogen-bond acceptors (Lipinski definition) is 3. The SMILES string of the molecule is CCC(CC)C1CN(C(=O)OC(C)(C)C)CC(OCc2ccc3ccccc3c2)C1c1ccc(Cl)cc1. The number of amides is 1. The van der Waals surface area contributed by atoms with Gasteiger partial charge in [0.1, 0.15) is 5.60 Å². The summed E-state index contributed by atoms with van der Waals surface area (Å²) in [5.41, 5.74) is 1.80. The van der Waals surface area contributed by atoms with Gasteiger partial charge in [0.15, 0.2) is 0 Å². The zero-order valence-electron chi connectivity index (χ0n) is 22.7. The molecule has 1 fully saturated rings.